The van der Waals surface area contributed by atoms with Crippen molar-refractivity contribution < 1.29 is 5.11 Å². The molecule has 2 atom stereocenters. The van der Waals surface area contributed by atoms with Crippen molar-refractivity contribution in [1.29, 1.82) is 0 Å². The summed E-state index contributed by atoms with van der Waals surface area (Å²) in [5.41, 5.74) is 0.669. The van der Waals surface area contributed by atoms with E-state index in [1.807, 2.05) is 12.5 Å². The zero-order chi connectivity index (χ0) is 13.9. The Balaban J connectivity index is 1.84. The van der Waals surface area contributed by atoms with E-state index in [4.69, 9.17) is 0 Å². The number of rotatable bonds is 5. The Labute approximate surface area is 116 Å². The fourth-order valence-corrected chi connectivity index (χ4v) is 3.15. The van der Waals surface area contributed by atoms with Crippen molar-refractivity contribution in [2.24, 2.45) is 5.92 Å². The van der Waals surface area contributed by atoms with E-state index < -0.39 is 5.60 Å². The SMILES string of the molecule is CC1CCCC(O)(CNCc2cncn2C(C)C)C1. The minimum atomic E-state index is -0.514. The summed E-state index contributed by atoms with van der Waals surface area (Å²) in [6.45, 7) is 8.00. The van der Waals surface area contributed by atoms with Gasteiger partial charge < -0.3 is 15.0 Å². The highest BCUT2D eigenvalue weighted by Crippen LogP contribution is 2.31. The third-order valence-corrected chi connectivity index (χ3v) is 4.13. The summed E-state index contributed by atoms with van der Waals surface area (Å²) in [5, 5.41) is 14.0. The lowest BCUT2D eigenvalue weighted by Gasteiger charge is -2.35. The number of imidazole rings is 1. The van der Waals surface area contributed by atoms with Crippen molar-refractivity contribution in [1.82, 2.24) is 14.9 Å². The molecule has 0 spiro atoms. The van der Waals surface area contributed by atoms with Gasteiger partial charge in [-0.3, -0.25) is 0 Å². The maximum Gasteiger partial charge on any atom is 0.0951 e. The largest absolute Gasteiger partial charge is 0.389 e. The van der Waals surface area contributed by atoms with Crippen LogP contribution in [0, 0.1) is 5.92 Å². The Bertz CT molecular complexity index is 402. The summed E-state index contributed by atoms with van der Waals surface area (Å²) in [6.07, 6.45) is 8.02. The first-order chi connectivity index (χ1) is 9.00. The Morgan fingerprint density at radius 1 is 1.58 bits per heavy atom. The van der Waals surface area contributed by atoms with E-state index in [-0.39, 0.29) is 0 Å². The van der Waals surface area contributed by atoms with Crippen LogP contribution in [0.1, 0.15) is 58.2 Å². The quantitative estimate of drug-likeness (QED) is 0.860. The van der Waals surface area contributed by atoms with Crippen molar-refractivity contribution in [3.63, 3.8) is 0 Å². The van der Waals surface area contributed by atoms with Crippen LogP contribution in [0.2, 0.25) is 0 Å². The van der Waals surface area contributed by atoms with Gasteiger partial charge in [0.1, 0.15) is 0 Å². The summed E-state index contributed by atoms with van der Waals surface area (Å²) in [5.74, 6) is 0.641. The van der Waals surface area contributed by atoms with Gasteiger partial charge in [0.05, 0.1) is 17.6 Å². The lowest BCUT2D eigenvalue weighted by molar-refractivity contribution is -0.0120. The van der Waals surface area contributed by atoms with Crippen LogP contribution < -0.4 is 5.32 Å². The lowest BCUT2D eigenvalue weighted by Crippen LogP contribution is -2.44. The van der Waals surface area contributed by atoms with Gasteiger partial charge in [-0.25, -0.2) is 4.98 Å². The summed E-state index contributed by atoms with van der Waals surface area (Å²) < 4.78 is 2.17. The number of aliphatic hydroxyl groups is 1. The first kappa shape index (κ1) is 14.5. The number of aromatic nitrogens is 2. The van der Waals surface area contributed by atoms with E-state index in [1.165, 1.54) is 12.1 Å². The van der Waals surface area contributed by atoms with Crippen molar-refractivity contribution >= 4 is 0 Å². The fourth-order valence-electron chi connectivity index (χ4n) is 3.15. The van der Waals surface area contributed by atoms with E-state index in [9.17, 15) is 5.11 Å². The van der Waals surface area contributed by atoms with Crippen LogP contribution in [0.5, 0.6) is 0 Å². The van der Waals surface area contributed by atoms with Crippen LogP contribution in [-0.2, 0) is 6.54 Å². The summed E-state index contributed by atoms with van der Waals surface area (Å²) in [6, 6.07) is 0.428. The maximum absolute atomic E-state index is 10.6. The second-order valence-corrected chi connectivity index (χ2v) is 6.42. The molecule has 1 aliphatic rings. The van der Waals surface area contributed by atoms with Gasteiger partial charge in [-0.2, -0.15) is 0 Å². The van der Waals surface area contributed by atoms with Gasteiger partial charge in [0.2, 0.25) is 0 Å². The highest BCUT2D eigenvalue weighted by atomic mass is 16.3. The zero-order valence-electron chi connectivity index (χ0n) is 12.4. The van der Waals surface area contributed by atoms with E-state index in [0.29, 0.717) is 18.5 Å². The Morgan fingerprint density at radius 3 is 3.05 bits per heavy atom. The molecule has 1 aliphatic carbocycles. The Kier molecular flexibility index (Phi) is 4.63. The molecule has 0 saturated heterocycles. The first-order valence-corrected chi connectivity index (χ1v) is 7.44. The molecule has 1 saturated carbocycles. The number of hydrogen-bond donors (Lipinski definition) is 2. The van der Waals surface area contributed by atoms with E-state index >= 15 is 0 Å². The molecule has 19 heavy (non-hydrogen) atoms. The zero-order valence-corrected chi connectivity index (χ0v) is 12.4. The normalized spacial score (nSPS) is 27.9. The van der Waals surface area contributed by atoms with E-state index in [1.54, 1.807) is 0 Å². The van der Waals surface area contributed by atoms with Crippen LogP contribution >= 0.6 is 0 Å². The van der Waals surface area contributed by atoms with Crippen LogP contribution in [0.25, 0.3) is 0 Å². The Hall–Kier alpha value is -0.870. The minimum absolute atomic E-state index is 0.428. The van der Waals surface area contributed by atoms with Crippen molar-refractivity contribution in [3.05, 3.63) is 18.2 Å². The fraction of sp³-hybridized carbons (Fsp3) is 0.800. The molecule has 0 aliphatic heterocycles. The molecule has 0 amide bonds. The van der Waals surface area contributed by atoms with E-state index in [0.717, 1.165) is 25.8 Å². The van der Waals surface area contributed by atoms with Gasteiger partial charge in [-0.05, 0) is 32.6 Å². The molecule has 1 aromatic heterocycles. The van der Waals surface area contributed by atoms with E-state index in [2.05, 4.69) is 35.6 Å². The molecule has 1 aromatic rings. The van der Waals surface area contributed by atoms with Gasteiger partial charge in [0, 0.05) is 25.3 Å². The van der Waals surface area contributed by atoms with Gasteiger partial charge in [0.15, 0.2) is 0 Å². The summed E-state index contributed by atoms with van der Waals surface area (Å²) in [7, 11) is 0. The average molecular weight is 265 g/mol. The van der Waals surface area contributed by atoms with Crippen molar-refractivity contribution in [2.75, 3.05) is 6.54 Å². The molecule has 1 fully saturated rings. The molecule has 0 bridgehead atoms. The molecule has 1 heterocycles. The molecule has 2 unspecified atom stereocenters. The number of nitrogens with one attached hydrogen (secondary N) is 1. The monoisotopic (exact) mass is 265 g/mol. The third-order valence-electron chi connectivity index (χ3n) is 4.13. The predicted molar refractivity (Wildman–Crippen MR) is 76.9 cm³/mol. The standard InChI is InChI=1S/C15H27N3O/c1-12(2)18-11-17-9-14(18)8-16-10-15(19)6-4-5-13(3)7-15/h9,11-13,16,19H,4-8,10H2,1-3H3. The summed E-state index contributed by atoms with van der Waals surface area (Å²) in [4.78, 5) is 4.20. The molecule has 2 N–H and O–H groups in total. The molecular formula is C15H27N3O. The Morgan fingerprint density at radius 2 is 2.37 bits per heavy atom. The van der Waals surface area contributed by atoms with Crippen LogP contribution in [-0.4, -0.2) is 26.8 Å². The number of nitrogens with zero attached hydrogens (tertiary/aromatic N) is 2. The average Bonchev–Trinajstić information content (AvgIpc) is 2.76. The highest BCUT2D eigenvalue weighted by Gasteiger charge is 2.32. The van der Waals surface area contributed by atoms with Crippen LogP contribution in [0.4, 0.5) is 0 Å². The molecule has 4 heteroatoms. The van der Waals surface area contributed by atoms with Crippen molar-refractivity contribution in [3.8, 4) is 0 Å². The topological polar surface area (TPSA) is 50.1 Å². The maximum atomic E-state index is 10.6. The molecule has 108 valence electrons. The molecule has 0 radical (unpaired) electrons. The van der Waals surface area contributed by atoms with Gasteiger partial charge in [-0.15, -0.1) is 0 Å². The van der Waals surface area contributed by atoms with Gasteiger partial charge >= 0.3 is 0 Å². The molecule has 0 aromatic carbocycles. The highest BCUT2D eigenvalue weighted by molar-refractivity contribution is 5.00. The number of hydrogen-bond acceptors (Lipinski definition) is 3. The molecule has 4 nitrogen and oxygen atoms in total. The molecular weight excluding hydrogens is 238 g/mol. The van der Waals surface area contributed by atoms with Crippen LogP contribution in [0.15, 0.2) is 12.5 Å². The van der Waals surface area contributed by atoms with Crippen molar-refractivity contribution in [2.45, 2.75) is 64.6 Å². The van der Waals surface area contributed by atoms with Gasteiger partial charge in [0.25, 0.3) is 0 Å². The second kappa shape index (κ2) is 6.06. The second-order valence-electron chi connectivity index (χ2n) is 6.42. The predicted octanol–water partition coefficient (Wildman–Crippen LogP) is 2.49. The van der Waals surface area contributed by atoms with Gasteiger partial charge in [-0.1, -0.05) is 19.8 Å². The summed E-state index contributed by atoms with van der Waals surface area (Å²) >= 11 is 0. The molecule has 2 rings (SSSR count). The minimum Gasteiger partial charge on any atom is -0.389 e. The smallest absolute Gasteiger partial charge is 0.0951 e. The third kappa shape index (κ3) is 3.80. The lowest BCUT2D eigenvalue weighted by atomic mass is 9.79. The van der Waals surface area contributed by atoms with Crippen LogP contribution in [0.3, 0.4) is 0 Å². The first-order valence-electron chi connectivity index (χ1n) is 7.44.